The molecule has 0 spiro atoms. The number of carbonyl (C=O) groups is 2. The zero-order valence-electron chi connectivity index (χ0n) is 22.4. The molecule has 13 nitrogen and oxygen atoms in total. The van der Waals surface area contributed by atoms with Crippen molar-refractivity contribution in [1.82, 2.24) is 14.4 Å². The van der Waals surface area contributed by atoms with Gasteiger partial charge in [0.15, 0.2) is 0 Å². The fraction of sp³-hybridized carbons (Fsp3) is 0.346. The van der Waals surface area contributed by atoms with Crippen LogP contribution in [-0.4, -0.2) is 107 Å². The van der Waals surface area contributed by atoms with E-state index in [-0.39, 0.29) is 17.4 Å². The van der Waals surface area contributed by atoms with Gasteiger partial charge in [0.25, 0.3) is 5.69 Å². The van der Waals surface area contributed by atoms with Gasteiger partial charge in [-0.3, -0.25) is 15.0 Å². The molecule has 0 saturated carbocycles. The number of non-ortho nitro benzene ring substituents is 1. The monoisotopic (exact) mass is 603 g/mol. The summed E-state index contributed by atoms with van der Waals surface area (Å²) in [5.74, 6) is -3.65. The summed E-state index contributed by atoms with van der Waals surface area (Å²) < 4.78 is 8.92. The van der Waals surface area contributed by atoms with Crippen LogP contribution in [0.4, 0.5) is 5.69 Å². The zero-order valence-corrected chi connectivity index (χ0v) is 24.0. The van der Waals surface area contributed by atoms with Gasteiger partial charge in [0.05, 0.1) is 32.0 Å². The van der Waals surface area contributed by atoms with Crippen molar-refractivity contribution >= 4 is 46.4 Å². The standard InChI is InChI=1S/C24H27N5O4S2.C2H2O4/c1-26-10-12-27(13-11-26)14-15-32-16-33-25-21-19-4-3-9-28(19)22-20(24(34-2)35-23(21)22)17-5-7-18(8-6-17)29(30)31;3-1(4)2(5)6/h3-9H,10-16H2,1-2H3;(H,3,4)(H,5,6)/b25-21-;. The molecule has 1 fully saturated rings. The molecule has 41 heavy (non-hydrogen) atoms. The number of benzene rings is 1. The second-order valence-electron chi connectivity index (χ2n) is 9.06. The number of hydrogen-bond donors (Lipinski definition) is 2. The number of ether oxygens (including phenoxy) is 1. The van der Waals surface area contributed by atoms with Crippen molar-refractivity contribution < 1.29 is 34.3 Å². The van der Waals surface area contributed by atoms with Gasteiger partial charge in [0, 0.05) is 56.6 Å². The Bertz CT molecular complexity index is 1420. The number of carboxylic acid groups (broad SMARTS) is 2. The average molecular weight is 604 g/mol. The molecule has 0 radical (unpaired) electrons. The van der Waals surface area contributed by atoms with E-state index in [0.29, 0.717) is 6.61 Å². The third kappa shape index (κ3) is 7.12. The quantitative estimate of drug-likeness (QED) is 0.0722. The first-order chi connectivity index (χ1) is 19.7. The van der Waals surface area contributed by atoms with E-state index in [2.05, 4.69) is 26.6 Å². The number of likely N-dealkylation sites (N-methyl/N-ethyl adjacent to an activating group) is 1. The highest BCUT2D eigenvalue weighted by Gasteiger charge is 2.33. The molecule has 0 unspecified atom stereocenters. The lowest BCUT2D eigenvalue weighted by molar-refractivity contribution is -0.384. The topological polar surface area (TPSA) is 160 Å². The van der Waals surface area contributed by atoms with E-state index < -0.39 is 11.9 Å². The molecule has 1 aromatic carbocycles. The Kier molecular flexibility index (Phi) is 10.1. The van der Waals surface area contributed by atoms with Gasteiger partial charge >= 0.3 is 11.9 Å². The Labute approximate surface area is 243 Å². The number of oxime groups is 1. The zero-order chi connectivity index (χ0) is 29.5. The first-order valence-corrected chi connectivity index (χ1v) is 14.5. The summed E-state index contributed by atoms with van der Waals surface area (Å²) in [5.41, 5.74) is 4.84. The van der Waals surface area contributed by atoms with Crippen LogP contribution < -0.4 is 0 Å². The molecule has 0 amide bonds. The molecule has 4 heterocycles. The van der Waals surface area contributed by atoms with Crippen molar-refractivity contribution in [2.45, 2.75) is 4.21 Å². The van der Waals surface area contributed by atoms with Gasteiger partial charge in [-0.15, -0.1) is 23.1 Å². The number of thiophene rings is 1. The SMILES string of the molecule is CSc1sc2c(c1-c1ccc([N+](=O)[O-])cc1)-n1cccc1/C2=N/OCOCCN1CCN(C)CC1.O=C(O)C(=O)O. The molecular formula is C26H29N5O8S2. The maximum absolute atomic E-state index is 11.1. The normalized spacial score (nSPS) is 15.6. The van der Waals surface area contributed by atoms with Crippen molar-refractivity contribution in [1.29, 1.82) is 0 Å². The Hall–Kier alpha value is -3.76. The van der Waals surface area contributed by atoms with E-state index in [9.17, 15) is 10.1 Å². The third-order valence-electron chi connectivity index (χ3n) is 6.47. The second-order valence-corrected chi connectivity index (χ2v) is 11.2. The van der Waals surface area contributed by atoms with Gasteiger partial charge in [-0.2, -0.15) is 0 Å². The highest BCUT2D eigenvalue weighted by Crippen LogP contribution is 2.48. The van der Waals surface area contributed by atoms with E-state index in [1.807, 2.05) is 36.7 Å². The summed E-state index contributed by atoms with van der Waals surface area (Å²) in [6.07, 6.45) is 4.04. The van der Waals surface area contributed by atoms with Crippen LogP contribution in [0.5, 0.6) is 0 Å². The van der Waals surface area contributed by atoms with E-state index in [4.69, 9.17) is 29.4 Å². The number of nitro groups is 1. The molecule has 5 rings (SSSR count). The molecule has 2 aromatic heterocycles. The number of carboxylic acids is 2. The fourth-order valence-corrected chi connectivity index (χ4v) is 6.41. The Morgan fingerprint density at radius 2 is 1.80 bits per heavy atom. The second kappa shape index (κ2) is 13.7. The molecule has 2 aliphatic heterocycles. The lowest BCUT2D eigenvalue weighted by Crippen LogP contribution is -2.45. The van der Waals surface area contributed by atoms with Crippen LogP contribution in [0.2, 0.25) is 0 Å². The number of nitro benzene ring substituents is 1. The minimum absolute atomic E-state index is 0.0799. The highest BCUT2D eigenvalue weighted by molar-refractivity contribution is 8.00. The van der Waals surface area contributed by atoms with Crippen LogP contribution >= 0.6 is 23.1 Å². The van der Waals surface area contributed by atoms with Crippen molar-refractivity contribution in [3.8, 4) is 16.8 Å². The Balaban J connectivity index is 0.000000585. The molecule has 3 aromatic rings. The summed E-state index contributed by atoms with van der Waals surface area (Å²) >= 11 is 3.31. The maximum Gasteiger partial charge on any atom is 0.414 e. The summed E-state index contributed by atoms with van der Waals surface area (Å²) in [6.45, 7) is 5.91. The number of aliphatic carboxylic acids is 2. The molecule has 15 heteroatoms. The van der Waals surface area contributed by atoms with Crippen LogP contribution in [-0.2, 0) is 19.2 Å². The minimum atomic E-state index is -1.82. The average Bonchev–Trinajstić information content (AvgIpc) is 3.64. The smallest absolute Gasteiger partial charge is 0.414 e. The minimum Gasteiger partial charge on any atom is -0.473 e. The van der Waals surface area contributed by atoms with Gasteiger partial charge in [-0.25, -0.2) is 9.59 Å². The molecule has 0 bridgehead atoms. The third-order valence-corrected chi connectivity index (χ3v) is 8.78. The van der Waals surface area contributed by atoms with Crippen molar-refractivity contribution in [3.63, 3.8) is 0 Å². The molecule has 0 atom stereocenters. The van der Waals surface area contributed by atoms with Gasteiger partial charge in [0.1, 0.15) is 5.71 Å². The largest absolute Gasteiger partial charge is 0.473 e. The van der Waals surface area contributed by atoms with E-state index in [0.717, 1.165) is 70.0 Å². The Morgan fingerprint density at radius 3 is 2.41 bits per heavy atom. The van der Waals surface area contributed by atoms with Crippen LogP contribution in [0.15, 0.2) is 52.0 Å². The molecule has 2 aliphatic rings. The number of rotatable bonds is 9. The van der Waals surface area contributed by atoms with Gasteiger partial charge in [-0.05, 0) is 43.1 Å². The number of aromatic nitrogens is 1. The van der Waals surface area contributed by atoms with Gasteiger partial charge < -0.3 is 29.3 Å². The van der Waals surface area contributed by atoms with Crippen LogP contribution in [0, 0.1) is 10.1 Å². The van der Waals surface area contributed by atoms with Crippen molar-refractivity contribution in [2.24, 2.45) is 5.16 Å². The predicted molar refractivity (Wildman–Crippen MR) is 154 cm³/mol. The number of thioether (sulfide) groups is 1. The molecule has 2 N–H and O–H groups in total. The maximum atomic E-state index is 11.1. The number of nitrogens with zero attached hydrogens (tertiary/aromatic N) is 5. The first kappa shape index (κ1) is 30.2. The number of fused-ring (bicyclic) bond motifs is 3. The highest BCUT2D eigenvalue weighted by atomic mass is 32.2. The molecule has 218 valence electrons. The summed E-state index contributed by atoms with van der Waals surface area (Å²) in [6, 6.07) is 10.7. The summed E-state index contributed by atoms with van der Waals surface area (Å²) in [5, 5.41) is 30.3. The van der Waals surface area contributed by atoms with Gasteiger partial charge in [-0.1, -0.05) is 5.16 Å². The lowest BCUT2D eigenvalue weighted by Gasteiger charge is -2.32. The van der Waals surface area contributed by atoms with Gasteiger partial charge in [0.2, 0.25) is 6.79 Å². The van der Waals surface area contributed by atoms with E-state index >= 15 is 0 Å². The van der Waals surface area contributed by atoms with E-state index in [1.165, 1.54) is 0 Å². The fourth-order valence-electron chi connectivity index (χ4n) is 4.37. The summed E-state index contributed by atoms with van der Waals surface area (Å²) in [4.78, 5) is 40.3. The lowest BCUT2D eigenvalue weighted by atomic mass is 10.1. The van der Waals surface area contributed by atoms with Crippen LogP contribution in [0.1, 0.15) is 10.6 Å². The number of hydrogen-bond acceptors (Lipinski definition) is 11. The summed E-state index contributed by atoms with van der Waals surface area (Å²) in [7, 11) is 2.15. The molecule has 0 aliphatic carbocycles. The Morgan fingerprint density at radius 1 is 1.12 bits per heavy atom. The van der Waals surface area contributed by atoms with Crippen molar-refractivity contribution in [2.75, 3.05) is 59.4 Å². The molecular weight excluding hydrogens is 574 g/mol. The van der Waals surface area contributed by atoms with E-state index in [1.54, 1.807) is 35.2 Å². The molecule has 1 saturated heterocycles. The van der Waals surface area contributed by atoms with Crippen LogP contribution in [0.25, 0.3) is 16.8 Å². The van der Waals surface area contributed by atoms with Crippen LogP contribution in [0.3, 0.4) is 0 Å². The first-order valence-electron chi connectivity index (χ1n) is 12.5. The van der Waals surface area contributed by atoms with Crippen molar-refractivity contribution in [3.05, 3.63) is 63.3 Å². The number of piperazine rings is 1. The predicted octanol–water partition coefficient (Wildman–Crippen LogP) is 3.30.